The summed E-state index contributed by atoms with van der Waals surface area (Å²) in [5, 5.41) is 9.16. The fourth-order valence-corrected chi connectivity index (χ4v) is 5.03. The summed E-state index contributed by atoms with van der Waals surface area (Å²) in [7, 11) is 0. The molecule has 0 aliphatic carbocycles. The molecule has 0 saturated heterocycles. The summed E-state index contributed by atoms with van der Waals surface area (Å²) in [6.07, 6.45) is 0. The lowest BCUT2D eigenvalue weighted by Gasteiger charge is -2.27. The van der Waals surface area contributed by atoms with Gasteiger partial charge in [0.2, 0.25) is 12.7 Å². The van der Waals surface area contributed by atoms with Gasteiger partial charge in [-0.2, -0.15) is 11.8 Å². The number of hydrogen-bond donors (Lipinski definition) is 3. The first kappa shape index (κ1) is 22.2. The molecule has 174 valence electrons. The highest BCUT2D eigenvalue weighted by molar-refractivity contribution is 7.98. The number of aryl methyl sites for hydroxylation is 1. The third kappa shape index (κ3) is 4.82. The lowest BCUT2D eigenvalue weighted by molar-refractivity contribution is -0.116. The molecule has 2 aliphatic heterocycles. The van der Waals surface area contributed by atoms with E-state index in [1.54, 1.807) is 23.9 Å². The normalized spacial score (nSPS) is 15.8. The van der Waals surface area contributed by atoms with Gasteiger partial charge in [-0.3, -0.25) is 9.59 Å². The van der Waals surface area contributed by atoms with Gasteiger partial charge in [-0.25, -0.2) is 0 Å². The summed E-state index contributed by atoms with van der Waals surface area (Å²) in [6, 6.07) is 18.8. The molecule has 2 aliphatic rings. The standard InChI is InChI=1S/C26H25N3O4S/c1-16-4-2-3-5-19(16)13-34-14-22-26(31)29-21-11-18(7-8-20(21)28-22)25(30)27-12-17-6-9-23-24(10-17)33-15-32-23/h2-11,22,28H,12-15H2,1H3,(H,27,30)(H,29,31)/t22-/m1/s1. The zero-order chi connectivity index (χ0) is 23.5. The average molecular weight is 476 g/mol. The first-order chi connectivity index (χ1) is 16.6. The molecule has 0 radical (unpaired) electrons. The first-order valence-corrected chi connectivity index (χ1v) is 12.2. The van der Waals surface area contributed by atoms with E-state index in [2.05, 4.69) is 35.0 Å². The summed E-state index contributed by atoms with van der Waals surface area (Å²) in [5.41, 5.74) is 5.35. The van der Waals surface area contributed by atoms with Crippen LogP contribution in [0.25, 0.3) is 0 Å². The summed E-state index contributed by atoms with van der Waals surface area (Å²) >= 11 is 1.72. The summed E-state index contributed by atoms with van der Waals surface area (Å²) in [5.74, 6) is 2.58. The molecule has 2 heterocycles. The number of carbonyl (C=O) groups excluding carboxylic acids is 2. The van der Waals surface area contributed by atoms with Gasteiger partial charge >= 0.3 is 0 Å². The Morgan fingerprint density at radius 1 is 1.06 bits per heavy atom. The monoisotopic (exact) mass is 475 g/mol. The number of amides is 2. The number of benzene rings is 3. The maximum absolute atomic E-state index is 12.7. The summed E-state index contributed by atoms with van der Waals surface area (Å²) in [6.45, 7) is 2.67. The highest BCUT2D eigenvalue weighted by atomic mass is 32.2. The number of ether oxygens (including phenoxy) is 2. The van der Waals surface area contributed by atoms with E-state index in [1.807, 2.05) is 36.4 Å². The number of anilines is 2. The Kier molecular flexibility index (Phi) is 6.31. The van der Waals surface area contributed by atoms with Gasteiger partial charge in [0.1, 0.15) is 6.04 Å². The smallest absolute Gasteiger partial charge is 0.251 e. The van der Waals surface area contributed by atoms with E-state index in [1.165, 1.54) is 11.1 Å². The second kappa shape index (κ2) is 9.69. The Labute approximate surface area is 202 Å². The van der Waals surface area contributed by atoms with Crippen molar-refractivity contribution in [1.82, 2.24) is 5.32 Å². The fraction of sp³-hybridized carbons (Fsp3) is 0.231. The van der Waals surface area contributed by atoms with Crippen LogP contribution in [-0.2, 0) is 17.1 Å². The highest BCUT2D eigenvalue weighted by Gasteiger charge is 2.26. The Balaban J connectivity index is 1.17. The molecule has 34 heavy (non-hydrogen) atoms. The van der Waals surface area contributed by atoms with Crippen LogP contribution in [0, 0.1) is 6.92 Å². The Morgan fingerprint density at radius 2 is 1.91 bits per heavy atom. The average Bonchev–Trinajstić information content (AvgIpc) is 3.31. The molecule has 0 aromatic heterocycles. The van der Waals surface area contributed by atoms with Gasteiger partial charge in [-0.05, 0) is 53.9 Å². The SMILES string of the molecule is Cc1ccccc1CSC[C@H]1Nc2ccc(C(=O)NCc3ccc4c(c3)OCO4)cc2NC1=O. The number of thioether (sulfide) groups is 1. The van der Waals surface area contributed by atoms with Gasteiger partial charge in [0, 0.05) is 23.6 Å². The van der Waals surface area contributed by atoms with Crippen LogP contribution in [0.2, 0.25) is 0 Å². The third-order valence-corrected chi connectivity index (χ3v) is 6.96. The van der Waals surface area contributed by atoms with E-state index >= 15 is 0 Å². The molecule has 3 N–H and O–H groups in total. The van der Waals surface area contributed by atoms with Crippen LogP contribution in [0.15, 0.2) is 60.7 Å². The lowest BCUT2D eigenvalue weighted by Crippen LogP contribution is -2.40. The van der Waals surface area contributed by atoms with E-state index in [-0.39, 0.29) is 24.6 Å². The molecule has 0 unspecified atom stereocenters. The summed E-state index contributed by atoms with van der Waals surface area (Å²) < 4.78 is 10.7. The molecule has 0 fully saturated rings. The van der Waals surface area contributed by atoms with Gasteiger partial charge in [-0.1, -0.05) is 30.3 Å². The van der Waals surface area contributed by atoms with Crippen LogP contribution in [0.4, 0.5) is 11.4 Å². The predicted molar refractivity (Wildman–Crippen MR) is 134 cm³/mol. The van der Waals surface area contributed by atoms with Crippen molar-refractivity contribution in [2.45, 2.75) is 25.3 Å². The minimum Gasteiger partial charge on any atom is -0.454 e. The van der Waals surface area contributed by atoms with E-state index in [9.17, 15) is 9.59 Å². The van der Waals surface area contributed by atoms with Crippen LogP contribution in [-0.4, -0.2) is 30.4 Å². The van der Waals surface area contributed by atoms with E-state index in [4.69, 9.17) is 9.47 Å². The van der Waals surface area contributed by atoms with Crippen molar-refractivity contribution in [1.29, 1.82) is 0 Å². The van der Waals surface area contributed by atoms with E-state index in [0.29, 0.717) is 35.0 Å². The number of nitrogens with one attached hydrogen (secondary N) is 3. The van der Waals surface area contributed by atoms with E-state index in [0.717, 1.165) is 17.0 Å². The first-order valence-electron chi connectivity index (χ1n) is 11.1. The molecule has 0 spiro atoms. The minimum absolute atomic E-state index is 0.0947. The largest absolute Gasteiger partial charge is 0.454 e. The zero-order valence-electron chi connectivity index (χ0n) is 18.7. The summed E-state index contributed by atoms with van der Waals surface area (Å²) in [4.78, 5) is 25.3. The number of fused-ring (bicyclic) bond motifs is 2. The maximum atomic E-state index is 12.7. The van der Waals surface area contributed by atoms with Crippen molar-refractivity contribution in [2.75, 3.05) is 23.2 Å². The van der Waals surface area contributed by atoms with Crippen LogP contribution < -0.4 is 25.4 Å². The van der Waals surface area contributed by atoms with Crippen molar-refractivity contribution < 1.29 is 19.1 Å². The fourth-order valence-electron chi connectivity index (χ4n) is 3.90. The molecular weight excluding hydrogens is 450 g/mol. The Bertz CT molecular complexity index is 1250. The molecule has 3 aromatic carbocycles. The zero-order valence-corrected chi connectivity index (χ0v) is 19.5. The van der Waals surface area contributed by atoms with Crippen molar-refractivity contribution in [2.24, 2.45) is 0 Å². The van der Waals surface area contributed by atoms with Crippen molar-refractivity contribution in [3.05, 3.63) is 82.9 Å². The second-order valence-electron chi connectivity index (χ2n) is 8.26. The predicted octanol–water partition coefficient (Wildman–Crippen LogP) is 4.32. The quantitative estimate of drug-likeness (QED) is 0.472. The van der Waals surface area contributed by atoms with Gasteiger partial charge in [-0.15, -0.1) is 0 Å². The van der Waals surface area contributed by atoms with Crippen LogP contribution in [0.3, 0.4) is 0 Å². The number of hydrogen-bond acceptors (Lipinski definition) is 6. The molecule has 0 saturated carbocycles. The van der Waals surface area contributed by atoms with Crippen LogP contribution in [0.5, 0.6) is 11.5 Å². The highest BCUT2D eigenvalue weighted by Crippen LogP contribution is 2.33. The molecule has 0 bridgehead atoms. The van der Waals surface area contributed by atoms with Gasteiger partial charge in [0.15, 0.2) is 11.5 Å². The Hall–Kier alpha value is -3.65. The van der Waals surface area contributed by atoms with Crippen LogP contribution >= 0.6 is 11.8 Å². The van der Waals surface area contributed by atoms with Gasteiger partial charge in [0.05, 0.1) is 11.4 Å². The molecule has 7 nitrogen and oxygen atoms in total. The van der Waals surface area contributed by atoms with E-state index < -0.39 is 0 Å². The van der Waals surface area contributed by atoms with Crippen molar-refractivity contribution in [3.63, 3.8) is 0 Å². The molecule has 8 heteroatoms. The molecule has 1 atom stereocenters. The molecular formula is C26H25N3O4S. The topological polar surface area (TPSA) is 88.7 Å². The maximum Gasteiger partial charge on any atom is 0.251 e. The lowest BCUT2D eigenvalue weighted by atomic mass is 10.1. The van der Waals surface area contributed by atoms with Gasteiger partial charge < -0.3 is 25.4 Å². The number of rotatable bonds is 7. The van der Waals surface area contributed by atoms with Gasteiger partial charge in [0.25, 0.3) is 5.91 Å². The van der Waals surface area contributed by atoms with Crippen LogP contribution in [0.1, 0.15) is 27.0 Å². The number of carbonyl (C=O) groups is 2. The molecule has 5 rings (SSSR count). The second-order valence-corrected chi connectivity index (χ2v) is 9.29. The van der Waals surface area contributed by atoms with Crippen molar-refractivity contribution in [3.8, 4) is 11.5 Å². The minimum atomic E-state index is -0.327. The molecule has 3 aromatic rings. The third-order valence-electron chi connectivity index (χ3n) is 5.88. The van der Waals surface area contributed by atoms with Crippen molar-refractivity contribution >= 4 is 35.0 Å². The Morgan fingerprint density at radius 3 is 2.79 bits per heavy atom. The molecule has 2 amide bonds.